The maximum absolute atomic E-state index is 12.1. The molecule has 106 valence electrons. The van der Waals surface area contributed by atoms with E-state index in [1.165, 1.54) is 0 Å². The van der Waals surface area contributed by atoms with Gasteiger partial charge in [0.25, 0.3) is 10.0 Å². The van der Waals surface area contributed by atoms with Crippen LogP contribution < -0.4 is 0 Å². The first-order chi connectivity index (χ1) is 9.50. The number of likely N-dealkylation sites (tertiary alicyclic amines) is 1. The van der Waals surface area contributed by atoms with Crippen LogP contribution in [0.5, 0.6) is 0 Å². The largest absolute Gasteiger partial charge is 0.345 e. The number of piperidine rings is 1. The number of fused-ring (bicyclic) bond motifs is 1. The van der Waals surface area contributed by atoms with E-state index in [0.717, 1.165) is 19.3 Å². The Kier molecular flexibility index (Phi) is 3.12. The Morgan fingerprint density at radius 3 is 2.80 bits per heavy atom. The van der Waals surface area contributed by atoms with Crippen LogP contribution in [0.2, 0.25) is 0 Å². The summed E-state index contributed by atoms with van der Waals surface area (Å²) in [5.41, 5.74) is 0.612. The number of ketones is 1. The van der Waals surface area contributed by atoms with Crippen LogP contribution in [-0.2, 0) is 14.8 Å². The smallest absolute Gasteiger partial charge is 0.285 e. The van der Waals surface area contributed by atoms with Crippen molar-refractivity contribution in [3.05, 3.63) is 29.8 Å². The van der Waals surface area contributed by atoms with Gasteiger partial charge in [0.05, 0.1) is 6.04 Å². The lowest BCUT2D eigenvalue weighted by Crippen LogP contribution is -2.47. The molecular weight excluding hydrogens is 276 g/mol. The van der Waals surface area contributed by atoms with Gasteiger partial charge in [0, 0.05) is 12.1 Å². The second kappa shape index (κ2) is 4.70. The summed E-state index contributed by atoms with van der Waals surface area (Å²) in [7, 11) is -3.62. The molecule has 1 aromatic rings. The van der Waals surface area contributed by atoms with Gasteiger partial charge in [-0.15, -0.1) is 4.40 Å². The van der Waals surface area contributed by atoms with Crippen molar-refractivity contribution >= 4 is 21.6 Å². The number of rotatable bonds is 1. The third-order valence-corrected chi connectivity index (χ3v) is 5.18. The molecule has 0 saturated carbocycles. The highest BCUT2D eigenvalue weighted by atomic mass is 32.2. The number of sulfonamides is 1. The van der Waals surface area contributed by atoms with Crippen LogP contribution >= 0.6 is 0 Å². The van der Waals surface area contributed by atoms with Crippen molar-refractivity contribution < 1.29 is 13.2 Å². The summed E-state index contributed by atoms with van der Waals surface area (Å²) in [5.74, 6) is 0.495. The molecule has 20 heavy (non-hydrogen) atoms. The molecule has 1 saturated heterocycles. The Balaban J connectivity index is 2.08. The first-order valence-corrected chi connectivity index (χ1v) is 8.16. The standard InChI is InChI=1S/C14H16N2O3S/c1-10(17)12-7-4-5-9-16(12)14-11-6-2-3-8-13(11)20(18,19)15-14/h2-3,6,8,12H,4-5,7,9H2,1H3. The Hall–Kier alpha value is -1.69. The van der Waals surface area contributed by atoms with Crippen molar-refractivity contribution in [1.29, 1.82) is 0 Å². The molecule has 1 fully saturated rings. The number of hydrogen-bond donors (Lipinski definition) is 0. The van der Waals surface area contributed by atoms with E-state index >= 15 is 0 Å². The van der Waals surface area contributed by atoms with Gasteiger partial charge in [0.15, 0.2) is 11.6 Å². The van der Waals surface area contributed by atoms with E-state index in [-0.39, 0.29) is 16.7 Å². The summed E-state index contributed by atoms with van der Waals surface area (Å²) in [6.07, 6.45) is 2.70. The normalized spacial score (nSPS) is 24.1. The van der Waals surface area contributed by atoms with E-state index in [9.17, 15) is 13.2 Å². The fourth-order valence-corrected chi connectivity index (χ4v) is 4.12. The number of benzene rings is 1. The van der Waals surface area contributed by atoms with Crippen LogP contribution in [0.3, 0.4) is 0 Å². The minimum atomic E-state index is -3.62. The van der Waals surface area contributed by atoms with E-state index < -0.39 is 10.0 Å². The van der Waals surface area contributed by atoms with Crippen LogP contribution in [0.1, 0.15) is 31.7 Å². The number of nitrogens with zero attached hydrogens (tertiary/aromatic N) is 2. The maximum Gasteiger partial charge on any atom is 0.285 e. The maximum atomic E-state index is 12.1. The summed E-state index contributed by atoms with van der Waals surface area (Å²) in [4.78, 5) is 13.9. The SMILES string of the molecule is CC(=O)C1CCCCN1C1=NS(=O)(=O)c2ccccc21. The van der Waals surface area contributed by atoms with Crippen LogP contribution in [-0.4, -0.2) is 37.5 Å². The van der Waals surface area contributed by atoms with E-state index in [1.54, 1.807) is 31.2 Å². The number of carbonyl (C=O) groups is 1. The van der Waals surface area contributed by atoms with E-state index in [2.05, 4.69) is 4.40 Å². The molecule has 0 spiro atoms. The lowest BCUT2D eigenvalue weighted by molar-refractivity contribution is -0.121. The lowest BCUT2D eigenvalue weighted by atomic mass is 9.98. The van der Waals surface area contributed by atoms with Crippen molar-refractivity contribution in [2.45, 2.75) is 37.1 Å². The van der Waals surface area contributed by atoms with Gasteiger partial charge in [-0.05, 0) is 38.3 Å². The highest BCUT2D eigenvalue weighted by Crippen LogP contribution is 2.30. The Morgan fingerprint density at radius 1 is 1.30 bits per heavy atom. The van der Waals surface area contributed by atoms with Gasteiger partial charge in [0.1, 0.15) is 4.90 Å². The van der Waals surface area contributed by atoms with Crippen molar-refractivity contribution in [1.82, 2.24) is 4.90 Å². The molecule has 0 aliphatic carbocycles. The van der Waals surface area contributed by atoms with E-state index in [1.807, 2.05) is 4.90 Å². The first-order valence-electron chi connectivity index (χ1n) is 6.72. The molecule has 2 aliphatic heterocycles. The van der Waals surface area contributed by atoms with Gasteiger partial charge in [-0.3, -0.25) is 4.79 Å². The second-order valence-corrected chi connectivity index (χ2v) is 6.77. The first kappa shape index (κ1) is 13.3. The minimum absolute atomic E-state index is 0.0641. The molecule has 2 heterocycles. The summed E-state index contributed by atoms with van der Waals surface area (Å²) in [5, 5.41) is 0. The fourth-order valence-electron chi connectivity index (χ4n) is 2.90. The van der Waals surface area contributed by atoms with Gasteiger partial charge in [-0.2, -0.15) is 8.42 Å². The third-order valence-electron chi connectivity index (χ3n) is 3.86. The number of Topliss-reactive ketones (excluding diaryl/α,β-unsaturated/α-hetero) is 1. The van der Waals surface area contributed by atoms with Gasteiger partial charge in [-0.25, -0.2) is 0 Å². The summed E-state index contributed by atoms with van der Waals surface area (Å²) >= 11 is 0. The molecule has 0 aromatic heterocycles. The molecule has 2 aliphatic rings. The van der Waals surface area contributed by atoms with Gasteiger partial charge < -0.3 is 4.90 Å². The van der Waals surface area contributed by atoms with Gasteiger partial charge in [-0.1, -0.05) is 12.1 Å². The molecule has 1 aromatic carbocycles. The average molecular weight is 292 g/mol. The molecule has 5 nitrogen and oxygen atoms in total. The van der Waals surface area contributed by atoms with Crippen molar-refractivity contribution in [3.8, 4) is 0 Å². The lowest BCUT2D eigenvalue weighted by Gasteiger charge is -2.35. The zero-order valence-electron chi connectivity index (χ0n) is 11.2. The minimum Gasteiger partial charge on any atom is -0.345 e. The summed E-state index contributed by atoms with van der Waals surface area (Å²) < 4.78 is 28.1. The summed E-state index contributed by atoms with van der Waals surface area (Å²) in [6.45, 7) is 2.23. The fraction of sp³-hybridized carbons (Fsp3) is 0.429. The Bertz CT molecular complexity index is 694. The van der Waals surface area contributed by atoms with E-state index in [0.29, 0.717) is 17.9 Å². The molecule has 6 heteroatoms. The highest BCUT2D eigenvalue weighted by molar-refractivity contribution is 7.90. The molecule has 1 atom stereocenters. The summed E-state index contributed by atoms with van der Waals surface area (Å²) in [6, 6.07) is 6.54. The molecule has 0 radical (unpaired) electrons. The molecule has 3 rings (SSSR count). The van der Waals surface area contributed by atoms with Gasteiger partial charge >= 0.3 is 0 Å². The molecule has 0 N–H and O–H groups in total. The van der Waals surface area contributed by atoms with Crippen molar-refractivity contribution in [2.24, 2.45) is 4.40 Å². The zero-order valence-corrected chi connectivity index (χ0v) is 12.1. The van der Waals surface area contributed by atoms with Crippen LogP contribution in [0.25, 0.3) is 0 Å². The molecule has 1 unspecified atom stereocenters. The molecule has 0 amide bonds. The van der Waals surface area contributed by atoms with Gasteiger partial charge in [0.2, 0.25) is 0 Å². The van der Waals surface area contributed by atoms with Crippen LogP contribution in [0, 0.1) is 0 Å². The third kappa shape index (κ3) is 2.04. The quantitative estimate of drug-likeness (QED) is 0.788. The van der Waals surface area contributed by atoms with E-state index in [4.69, 9.17) is 0 Å². The number of hydrogen-bond acceptors (Lipinski definition) is 4. The predicted molar refractivity (Wildman–Crippen MR) is 75.2 cm³/mol. The van der Waals surface area contributed by atoms with Crippen molar-refractivity contribution in [2.75, 3.05) is 6.54 Å². The molecular formula is C14H16N2O3S. The second-order valence-electron chi connectivity index (χ2n) is 5.20. The topological polar surface area (TPSA) is 66.8 Å². The predicted octanol–water partition coefficient (Wildman–Crippen LogP) is 1.58. The molecule has 0 bridgehead atoms. The monoisotopic (exact) mass is 292 g/mol. The highest BCUT2D eigenvalue weighted by Gasteiger charge is 2.36. The van der Waals surface area contributed by atoms with Crippen LogP contribution in [0.15, 0.2) is 33.6 Å². The Morgan fingerprint density at radius 2 is 2.05 bits per heavy atom. The zero-order chi connectivity index (χ0) is 14.3. The number of amidine groups is 1. The number of carbonyl (C=O) groups excluding carboxylic acids is 1. The van der Waals surface area contributed by atoms with Crippen molar-refractivity contribution in [3.63, 3.8) is 0 Å². The Labute approximate surface area is 118 Å². The average Bonchev–Trinajstić information content (AvgIpc) is 2.71. The van der Waals surface area contributed by atoms with Crippen LogP contribution in [0.4, 0.5) is 0 Å².